The second kappa shape index (κ2) is 5.23. The van der Waals surface area contributed by atoms with Gasteiger partial charge in [-0.3, -0.25) is 4.79 Å². The van der Waals surface area contributed by atoms with E-state index in [0.717, 1.165) is 5.69 Å². The molecule has 0 radical (unpaired) electrons. The molecule has 3 rings (SSSR count). The molecule has 1 fully saturated rings. The lowest BCUT2D eigenvalue weighted by atomic mass is 10.3. The summed E-state index contributed by atoms with van der Waals surface area (Å²) in [5.41, 5.74) is 2.65. The number of amides is 1. The Morgan fingerprint density at radius 2 is 2.33 bits per heavy atom. The number of nitrogens with one attached hydrogen (secondary N) is 1. The molecule has 1 aliphatic heterocycles. The SMILES string of the molecule is Cc1cc(NC(=O)c2cscn2)n(C2CCS(=O)(=O)C2)n1. The highest BCUT2D eigenvalue weighted by molar-refractivity contribution is 7.91. The lowest BCUT2D eigenvalue weighted by Crippen LogP contribution is -2.19. The summed E-state index contributed by atoms with van der Waals surface area (Å²) in [6, 6.07) is 1.50. The van der Waals surface area contributed by atoms with Crippen molar-refractivity contribution in [3.8, 4) is 0 Å². The van der Waals surface area contributed by atoms with E-state index in [0.29, 0.717) is 17.9 Å². The Hall–Kier alpha value is -1.74. The van der Waals surface area contributed by atoms with E-state index >= 15 is 0 Å². The molecule has 0 saturated carbocycles. The van der Waals surface area contributed by atoms with E-state index in [9.17, 15) is 13.2 Å². The number of carbonyl (C=O) groups excluding carboxylic acids is 1. The molecule has 1 N–H and O–H groups in total. The van der Waals surface area contributed by atoms with Crippen molar-refractivity contribution in [1.82, 2.24) is 14.8 Å². The largest absolute Gasteiger partial charge is 0.305 e. The monoisotopic (exact) mass is 326 g/mol. The summed E-state index contributed by atoms with van der Waals surface area (Å²) < 4.78 is 24.8. The van der Waals surface area contributed by atoms with Gasteiger partial charge in [0.15, 0.2) is 9.84 Å². The normalized spacial score (nSPS) is 20.5. The number of hydrogen-bond donors (Lipinski definition) is 1. The second-order valence-electron chi connectivity index (χ2n) is 5.00. The maximum Gasteiger partial charge on any atom is 0.276 e. The average Bonchev–Trinajstić information content (AvgIpc) is 3.09. The number of anilines is 1. The molecule has 0 aromatic carbocycles. The lowest BCUT2D eigenvalue weighted by Gasteiger charge is -2.13. The fourth-order valence-corrected chi connectivity index (χ4v) is 4.59. The van der Waals surface area contributed by atoms with Crippen molar-refractivity contribution in [3.05, 3.63) is 28.3 Å². The second-order valence-corrected chi connectivity index (χ2v) is 7.95. The molecule has 112 valence electrons. The summed E-state index contributed by atoms with van der Waals surface area (Å²) in [6.07, 6.45) is 0.517. The van der Waals surface area contributed by atoms with E-state index < -0.39 is 9.84 Å². The van der Waals surface area contributed by atoms with Crippen molar-refractivity contribution in [2.24, 2.45) is 0 Å². The van der Waals surface area contributed by atoms with E-state index in [2.05, 4.69) is 15.4 Å². The van der Waals surface area contributed by atoms with Gasteiger partial charge >= 0.3 is 0 Å². The van der Waals surface area contributed by atoms with Crippen LogP contribution in [0.5, 0.6) is 0 Å². The van der Waals surface area contributed by atoms with Crippen LogP contribution in [-0.4, -0.2) is 40.6 Å². The van der Waals surface area contributed by atoms with Crippen LogP contribution in [0.15, 0.2) is 17.0 Å². The number of rotatable bonds is 3. The van der Waals surface area contributed by atoms with Gasteiger partial charge in [0, 0.05) is 11.4 Å². The molecule has 1 unspecified atom stereocenters. The van der Waals surface area contributed by atoms with Crippen LogP contribution in [0, 0.1) is 6.92 Å². The van der Waals surface area contributed by atoms with Crippen molar-refractivity contribution < 1.29 is 13.2 Å². The first-order valence-electron chi connectivity index (χ1n) is 6.41. The van der Waals surface area contributed by atoms with E-state index in [4.69, 9.17) is 0 Å². The standard InChI is InChI=1S/C12H14N4O3S2/c1-8-4-11(14-12(17)10-5-20-7-13-10)16(15-8)9-2-3-21(18,19)6-9/h4-5,7,9H,2-3,6H2,1H3,(H,14,17). The average molecular weight is 326 g/mol. The molecule has 3 heterocycles. The van der Waals surface area contributed by atoms with Gasteiger partial charge in [-0.25, -0.2) is 18.1 Å². The van der Waals surface area contributed by atoms with E-state index in [-0.39, 0.29) is 23.5 Å². The Morgan fingerprint density at radius 3 is 2.95 bits per heavy atom. The number of sulfone groups is 1. The van der Waals surface area contributed by atoms with Crippen LogP contribution in [0.4, 0.5) is 5.82 Å². The first-order valence-corrected chi connectivity index (χ1v) is 9.17. The van der Waals surface area contributed by atoms with Gasteiger partial charge in [0.25, 0.3) is 5.91 Å². The van der Waals surface area contributed by atoms with Crippen molar-refractivity contribution in [2.45, 2.75) is 19.4 Å². The summed E-state index contributed by atoms with van der Waals surface area (Å²) in [4.78, 5) is 16.0. The van der Waals surface area contributed by atoms with Crippen LogP contribution in [0.1, 0.15) is 28.6 Å². The van der Waals surface area contributed by atoms with E-state index in [1.54, 1.807) is 28.6 Å². The third-order valence-electron chi connectivity index (χ3n) is 3.32. The van der Waals surface area contributed by atoms with Gasteiger partial charge < -0.3 is 5.32 Å². The maximum absolute atomic E-state index is 12.1. The van der Waals surface area contributed by atoms with Crippen molar-refractivity contribution in [3.63, 3.8) is 0 Å². The zero-order valence-electron chi connectivity index (χ0n) is 11.3. The van der Waals surface area contributed by atoms with Gasteiger partial charge in [-0.05, 0) is 13.3 Å². The van der Waals surface area contributed by atoms with Crippen LogP contribution < -0.4 is 5.32 Å². The molecule has 1 atom stereocenters. The van der Waals surface area contributed by atoms with Crippen LogP contribution in [-0.2, 0) is 9.84 Å². The van der Waals surface area contributed by atoms with Crippen molar-refractivity contribution in [1.29, 1.82) is 0 Å². The van der Waals surface area contributed by atoms with Crippen LogP contribution in [0.2, 0.25) is 0 Å². The fraction of sp³-hybridized carbons (Fsp3) is 0.417. The molecule has 7 nitrogen and oxygen atoms in total. The lowest BCUT2D eigenvalue weighted by molar-refractivity contribution is 0.102. The zero-order valence-corrected chi connectivity index (χ0v) is 12.9. The maximum atomic E-state index is 12.1. The predicted octanol–water partition coefficient (Wildman–Crippen LogP) is 1.26. The van der Waals surface area contributed by atoms with Gasteiger partial charge in [0.2, 0.25) is 0 Å². The molecule has 1 aliphatic rings. The van der Waals surface area contributed by atoms with Crippen LogP contribution in [0.3, 0.4) is 0 Å². The number of carbonyl (C=O) groups is 1. The molecule has 2 aromatic rings. The summed E-state index contributed by atoms with van der Waals surface area (Å²) in [6.45, 7) is 1.80. The van der Waals surface area contributed by atoms with E-state index in [1.165, 1.54) is 11.3 Å². The summed E-state index contributed by atoms with van der Waals surface area (Å²) in [7, 11) is -3.01. The summed E-state index contributed by atoms with van der Waals surface area (Å²) >= 11 is 1.34. The van der Waals surface area contributed by atoms with Gasteiger partial charge in [0.05, 0.1) is 28.8 Å². The minimum absolute atomic E-state index is 0.0632. The Bertz CT molecular complexity index is 765. The van der Waals surface area contributed by atoms with Gasteiger partial charge in [-0.2, -0.15) is 5.10 Å². The Kier molecular flexibility index (Phi) is 3.54. The highest BCUT2D eigenvalue weighted by Crippen LogP contribution is 2.27. The minimum Gasteiger partial charge on any atom is -0.305 e. The van der Waals surface area contributed by atoms with Crippen LogP contribution >= 0.6 is 11.3 Å². The molecular weight excluding hydrogens is 312 g/mol. The highest BCUT2D eigenvalue weighted by atomic mass is 32.2. The molecule has 9 heteroatoms. The Morgan fingerprint density at radius 1 is 1.52 bits per heavy atom. The fourth-order valence-electron chi connectivity index (χ4n) is 2.36. The molecule has 0 spiro atoms. The van der Waals surface area contributed by atoms with Crippen molar-refractivity contribution in [2.75, 3.05) is 16.8 Å². The number of thiazole rings is 1. The van der Waals surface area contributed by atoms with Crippen molar-refractivity contribution >= 4 is 32.9 Å². The Labute approximate surface area is 125 Å². The quantitative estimate of drug-likeness (QED) is 0.916. The first-order chi connectivity index (χ1) is 9.94. The van der Waals surface area contributed by atoms with Crippen LogP contribution in [0.25, 0.3) is 0 Å². The van der Waals surface area contributed by atoms with Gasteiger partial charge in [-0.1, -0.05) is 0 Å². The third kappa shape index (κ3) is 2.98. The number of aryl methyl sites for hydroxylation is 1. The van der Waals surface area contributed by atoms with Gasteiger partial charge in [0.1, 0.15) is 11.5 Å². The molecular formula is C12H14N4O3S2. The highest BCUT2D eigenvalue weighted by Gasteiger charge is 2.31. The predicted molar refractivity (Wildman–Crippen MR) is 79.3 cm³/mol. The van der Waals surface area contributed by atoms with Gasteiger partial charge in [-0.15, -0.1) is 11.3 Å². The Balaban J connectivity index is 1.85. The number of nitrogens with zero attached hydrogens (tertiary/aromatic N) is 3. The molecule has 1 saturated heterocycles. The molecule has 0 bridgehead atoms. The third-order valence-corrected chi connectivity index (χ3v) is 5.66. The minimum atomic E-state index is -3.01. The zero-order chi connectivity index (χ0) is 15.0. The number of aromatic nitrogens is 3. The number of hydrogen-bond acceptors (Lipinski definition) is 6. The summed E-state index contributed by atoms with van der Waals surface area (Å²) in [5, 5.41) is 8.72. The summed E-state index contributed by atoms with van der Waals surface area (Å²) in [5.74, 6) is 0.412. The molecule has 0 aliphatic carbocycles. The first kappa shape index (κ1) is 14.2. The van der Waals surface area contributed by atoms with E-state index in [1.807, 2.05) is 0 Å². The topological polar surface area (TPSA) is 94.0 Å². The molecule has 2 aromatic heterocycles. The smallest absolute Gasteiger partial charge is 0.276 e. The molecule has 21 heavy (non-hydrogen) atoms. The molecule has 1 amide bonds.